The van der Waals surface area contributed by atoms with Crippen LogP contribution in [0.25, 0.3) is 0 Å². The Kier molecular flexibility index (Phi) is 3.35. The molecule has 70 valence electrons. The van der Waals surface area contributed by atoms with E-state index in [0.29, 0.717) is 19.5 Å². The van der Waals surface area contributed by atoms with Crippen molar-refractivity contribution in [2.24, 2.45) is 0 Å². The van der Waals surface area contributed by atoms with Crippen molar-refractivity contribution in [3.63, 3.8) is 0 Å². The standard InChI is InChI=1S/C8H14ClNO2/c1-3-7(9)8(11)10-4-6(5-10)12-2/h6-7H,3-5H2,1-2H3. The minimum atomic E-state index is -0.359. The Bertz CT molecular complexity index is 168. The zero-order chi connectivity index (χ0) is 9.14. The predicted octanol–water partition coefficient (Wildman–Crippen LogP) is 0.861. The van der Waals surface area contributed by atoms with E-state index >= 15 is 0 Å². The van der Waals surface area contributed by atoms with E-state index in [1.807, 2.05) is 6.92 Å². The second kappa shape index (κ2) is 4.10. The molecule has 0 radical (unpaired) electrons. The number of methoxy groups -OCH3 is 1. The number of amides is 1. The van der Waals surface area contributed by atoms with Crippen molar-refractivity contribution in [2.75, 3.05) is 20.2 Å². The molecule has 0 aliphatic carbocycles. The molecule has 1 saturated heterocycles. The molecule has 0 aromatic heterocycles. The van der Waals surface area contributed by atoms with E-state index in [9.17, 15) is 4.79 Å². The molecule has 0 N–H and O–H groups in total. The molecule has 0 bridgehead atoms. The van der Waals surface area contributed by atoms with E-state index in [4.69, 9.17) is 16.3 Å². The van der Waals surface area contributed by atoms with Crippen LogP contribution in [0.1, 0.15) is 13.3 Å². The van der Waals surface area contributed by atoms with E-state index in [1.54, 1.807) is 12.0 Å². The molecule has 1 unspecified atom stereocenters. The number of hydrogen-bond acceptors (Lipinski definition) is 2. The first-order valence-electron chi connectivity index (χ1n) is 4.14. The molecule has 1 heterocycles. The van der Waals surface area contributed by atoms with Gasteiger partial charge in [-0.3, -0.25) is 4.79 Å². The molecule has 3 nitrogen and oxygen atoms in total. The molecule has 1 aliphatic heterocycles. The van der Waals surface area contributed by atoms with Gasteiger partial charge in [0, 0.05) is 20.2 Å². The van der Waals surface area contributed by atoms with Gasteiger partial charge in [0.15, 0.2) is 0 Å². The molecule has 1 amide bonds. The predicted molar refractivity (Wildman–Crippen MR) is 47.3 cm³/mol. The summed E-state index contributed by atoms with van der Waals surface area (Å²) in [6, 6.07) is 0. The quantitative estimate of drug-likeness (QED) is 0.620. The first-order valence-corrected chi connectivity index (χ1v) is 4.58. The average molecular weight is 192 g/mol. The van der Waals surface area contributed by atoms with Gasteiger partial charge >= 0.3 is 0 Å². The molecule has 0 aromatic carbocycles. The van der Waals surface area contributed by atoms with Crippen molar-refractivity contribution in [1.82, 2.24) is 4.90 Å². The highest BCUT2D eigenvalue weighted by atomic mass is 35.5. The van der Waals surface area contributed by atoms with Gasteiger partial charge < -0.3 is 9.64 Å². The highest BCUT2D eigenvalue weighted by molar-refractivity contribution is 6.30. The fourth-order valence-electron chi connectivity index (χ4n) is 1.14. The number of carbonyl (C=O) groups is 1. The average Bonchev–Trinajstić information content (AvgIpc) is 2.01. The number of rotatable bonds is 3. The van der Waals surface area contributed by atoms with Gasteiger partial charge in [-0.25, -0.2) is 0 Å². The van der Waals surface area contributed by atoms with Crippen molar-refractivity contribution in [3.8, 4) is 0 Å². The van der Waals surface area contributed by atoms with Crippen LogP contribution in [0.5, 0.6) is 0 Å². The molecular formula is C8H14ClNO2. The monoisotopic (exact) mass is 191 g/mol. The lowest BCUT2D eigenvalue weighted by atomic mass is 10.1. The van der Waals surface area contributed by atoms with Crippen molar-refractivity contribution in [2.45, 2.75) is 24.8 Å². The molecule has 0 aromatic rings. The van der Waals surface area contributed by atoms with Crippen LogP contribution >= 0.6 is 11.6 Å². The molecule has 0 spiro atoms. The minimum absolute atomic E-state index is 0.0347. The summed E-state index contributed by atoms with van der Waals surface area (Å²) >= 11 is 5.78. The fourth-order valence-corrected chi connectivity index (χ4v) is 1.28. The third kappa shape index (κ3) is 1.90. The van der Waals surface area contributed by atoms with Crippen LogP contribution in [0.15, 0.2) is 0 Å². The molecule has 12 heavy (non-hydrogen) atoms. The molecule has 1 aliphatic rings. The van der Waals surface area contributed by atoms with Crippen LogP contribution in [-0.4, -0.2) is 42.5 Å². The Morgan fingerprint density at radius 3 is 2.75 bits per heavy atom. The number of hydrogen-bond donors (Lipinski definition) is 0. The summed E-state index contributed by atoms with van der Waals surface area (Å²) in [6.07, 6.45) is 0.906. The Hall–Kier alpha value is -0.280. The molecule has 1 fully saturated rings. The minimum Gasteiger partial charge on any atom is -0.378 e. The summed E-state index contributed by atoms with van der Waals surface area (Å²) < 4.78 is 5.04. The Labute approximate surface area is 77.6 Å². The molecule has 4 heteroatoms. The van der Waals surface area contributed by atoms with E-state index in [-0.39, 0.29) is 17.4 Å². The summed E-state index contributed by atoms with van der Waals surface area (Å²) in [5.74, 6) is 0.0347. The van der Waals surface area contributed by atoms with Crippen molar-refractivity contribution >= 4 is 17.5 Å². The lowest BCUT2D eigenvalue weighted by Crippen LogP contribution is -2.56. The van der Waals surface area contributed by atoms with Crippen molar-refractivity contribution in [3.05, 3.63) is 0 Å². The van der Waals surface area contributed by atoms with Crippen molar-refractivity contribution in [1.29, 1.82) is 0 Å². The van der Waals surface area contributed by atoms with Gasteiger partial charge in [0.2, 0.25) is 5.91 Å². The number of alkyl halides is 1. The lowest BCUT2D eigenvalue weighted by Gasteiger charge is -2.39. The first kappa shape index (κ1) is 9.81. The van der Waals surface area contributed by atoms with Gasteiger partial charge in [-0.05, 0) is 6.42 Å². The molecule has 0 saturated carbocycles. The van der Waals surface area contributed by atoms with Crippen LogP contribution in [0.3, 0.4) is 0 Å². The zero-order valence-electron chi connectivity index (χ0n) is 7.42. The molecule has 1 rings (SSSR count). The van der Waals surface area contributed by atoms with Gasteiger partial charge in [0.25, 0.3) is 0 Å². The summed E-state index contributed by atoms with van der Waals surface area (Å²) in [6.45, 7) is 3.29. The summed E-state index contributed by atoms with van der Waals surface area (Å²) in [5.41, 5.74) is 0. The molecular weight excluding hydrogens is 178 g/mol. The van der Waals surface area contributed by atoms with E-state index in [1.165, 1.54) is 0 Å². The van der Waals surface area contributed by atoms with Crippen LogP contribution in [-0.2, 0) is 9.53 Å². The second-order valence-electron chi connectivity index (χ2n) is 2.98. The number of likely N-dealkylation sites (tertiary alicyclic amines) is 1. The van der Waals surface area contributed by atoms with E-state index < -0.39 is 0 Å². The number of halogens is 1. The lowest BCUT2D eigenvalue weighted by molar-refractivity contribution is -0.142. The smallest absolute Gasteiger partial charge is 0.240 e. The summed E-state index contributed by atoms with van der Waals surface area (Å²) in [5, 5.41) is -0.359. The maximum absolute atomic E-state index is 11.4. The van der Waals surface area contributed by atoms with Gasteiger partial charge in [0.1, 0.15) is 5.38 Å². The number of nitrogens with zero attached hydrogens (tertiary/aromatic N) is 1. The Morgan fingerprint density at radius 2 is 2.33 bits per heavy atom. The van der Waals surface area contributed by atoms with E-state index in [0.717, 1.165) is 0 Å². The van der Waals surface area contributed by atoms with Crippen molar-refractivity contribution < 1.29 is 9.53 Å². The largest absolute Gasteiger partial charge is 0.378 e. The summed E-state index contributed by atoms with van der Waals surface area (Å²) in [7, 11) is 1.66. The normalized spacial score (nSPS) is 20.4. The van der Waals surface area contributed by atoms with Crippen LogP contribution < -0.4 is 0 Å². The Morgan fingerprint density at radius 1 is 1.75 bits per heavy atom. The topological polar surface area (TPSA) is 29.5 Å². The van der Waals surface area contributed by atoms with Gasteiger partial charge in [0.05, 0.1) is 6.10 Å². The first-order chi connectivity index (χ1) is 5.69. The Balaban J connectivity index is 2.28. The van der Waals surface area contributed by atoms with Gasteiger partial charge in [-0.15, -0.1) is 11.6 Å². The van der Waals surface area contributed by atoms with E-state index in [2.05, 4.69) is 0 Å². The zero-order valence-corrected chi connectivity index (χ0v) is 8.17. The van der Waals surface area contributed by atoms with Crippen LogP contribution in [0.4, 0.5) is 0 Å². The summed E-state index contributed by atoms with van der Waals surface area (Å²) in [4.78, 5) is 13.1. The number of ether oxygens (including phenoxy) is 1. The SMILES string of the molecule is CCC(Cl)C(=O)N1CC(OC)C1. The highest BCUT2D eigenvalue weighted by Gasteiger charge is 2.32. The molecule has 1 atom stereocenters. The maximum Gasteiger partial charge on any atom is 0.240 e. The highest BCUT2D eigenvalue weighted by Crippen LogP contribution is 2.15. The van der Waals surface area contributed by atoms with Gasteiger partial charge in [-0.1, -0.05) is 6.92 Å². The fraction of sp³-hybridized carbons (Fsp3) is 0.875. The second-order valence-corrected chi connectivity index (χ2v) is 3.50. The maximum atomic E-state index is 11.4. The van der Waals surface area contributed by atoms with Gasteiger partial charge in [-0.2, -0.15) is 0 Å². The van der Waals surface area contributed by atoms with Crippen LogP contribution in [0, 0.1) is 0 Å². The van der Waals surface area contributed by atoms with Crippen LogP contribution in [0.2, 0.25) is 0 Å². The third-order valence-electron chi connectivity index (χ3n) is 2.12. The number of carbonyl (C=O) groups excluding carboxylic acids is 1. The third-order valence-corrected chi connectivity index (χ3v) is 2.61.